The molecule has 0 spiro atoms. The molecule has 0 unspecified atom stereocenters. The van der Waals surface area contributed by atoms with Gasteiger partial charge in [0.05, 0.1) is 42.9 Å². The molecule has 2 aromatic carbocycles. The maximum Gasteiger partial charge on any atom is 2.00 e. The fraction of sp³-hybridized carbons (Fsp3) is 0.346. The Morgan fingerprint density at radius 3 is 1.22 bits per heavy atom. The van der Waals surface area contributed by atoms with Gasteiger partial charge >= 0.3 is 17.1 Å². The molecule has 17 nitrogen and oxygen atoms in total. The third-order valence-electron chi connectivity index (χ3n) is 5.27. The number of nitrogens with zero attached hydrogens (tertiary/aromatic N) is 9. The Morgan fingerprint density at radius 2 is 0.935 bits per heavy atom. The molecular weight excluding hydrogens is 701 g/mol. The van der Waals surface area contributed by atoms with Crippen LogP contribution in [0.15, 0.2) is 73.1 Å². The molecule has 0 aliphatic heterocycles. The Bertz CT molecular complexity index is 1270. The van der Waals surface area contributed by atoms with Gasteiger partial charge in [0.1, 0.15) is 0 Å². The number of benzene rings is 2. The van der Waals surface area contributed by atoms with E-state index in [-0.39, 0.29) is 17.1 Å². The molecule has 0 aliphatic carbocycles. The van der Waals surface area contributed by atoms with Crippen molar-refractivity contribution in [1.29, 1.82) is 5.26 Å². The zero-order valence-corrected chi connectivity index (χ0v) is 27.5. The number of halogens is 2. The zero-order valence-electron chi connectivity index (χ0n) is 25.0. The molecule has 2 aromatic heterocycles. The average Bonchev–Trinajstić information content (AvgIpc) is 3.56. The van der Waals surface area contributed by atoms with Gasteiger partial charge in [-0.15, -0.1) is 30.7 Å². The first-order chi connectivity index (χ1) is 21.1. The zero-order chi connectivity index (χ0) is 33.9. The quantitative estimate of drug-likeness (QED) is 0.130. The molecule has 0 aliphatic rings. The molecule has 0 bridgehead atoms. The maximum atomic E-state index is 8.49. The molecule has 20 heteroatoms. The fourth-order valence-corrected chi connectivity index (χ4v) is 3.57. The second-order valence-electron chi connectivity index (χ2n) is 9.24. The summed E-state index contributed by atoms with van der Waals surface area (Å²) in [6, 6.07) is 22.4. The third-order valence-corrected chi connectivity index (χ3v) is 5.27. The molecule has 1 radical (unpaired) electrons. The van der Waals surface area contributed by atoms with Gasteiger partial charge in [0, 0.05) is 33.1 Å². The first kappa shape index (κ1) is 42.9. The summed E-state index contributed by atoms with van der Waals surface area (Å²) in [7, 11) is -5.67. The van der Waals surface area contributed by atoms with Gasteiger partial charge in [0.15, 0.2) is 0 Å². The molecule has 0 atom stereocenters. The van der Waals surface area contributed by atoms with E-state index in [1.807, 2.05) is 58.2 Å². The van der Waals surface area contributed by atoms with Crippen LogP contribution in [-0.4, -0.2) is 67.0 Å². The fourth-order valence-electron chi connectivity index (χ4n) is 3.57. The van der Waals surface area contributed by atoms with Crippen LogP contribution in [0.2, 0.25) is 0 Å². The van der Waals surface area contributed by atoms with Crippen LogP contribution in [0.4, 0.5) is 0 Å². The average molecular weight is 734 g/mol. The molecule has 0 saturated carbocycles. The summed E-state index contributed by atoms with van der Waals surface area (Å²) >= 11 is 0. The van der Waals surface area contributed by atoms with Crippen molar-refractivity contribution in [3.8, 4) is 6.07 Å². The van der Waals surface area contributed by atoms with E-state index in [0.29, 0.717) is 0 Å². The molecule has 0 fully saturated rings. The summed E-state index contributed by atoms with van der Waals surface area (Å²) in [6.07, 6.45) is 4.05. The predicted octanol–water partition coefficient (Wildman–Crippen LogP) is -6.45. The van der Waals surface area contributed by atoms with Gasteiger partial charge in [0.2, 0.25) is 0 Å². The summed E-state index contributed by atoms with van der Waals surface area (Å²) in [6.45, 7) is 6.32. The Hall–Kier alpha value is -3.09. The van der Waals surface area contributed by atoms with Gasteiger partial charge in [-0.2, -0.15) is 5.26 Å². The monoisotopic (exact) mass is 732 g/mol. The van der Waals surface area contributed by atoms with Crippen molar-refractivity contribution in [3.05, 3.63) is 95.6 Å². The molecule has 255 valence electrons. The minimum atomic E-state index is -4.94. The molecule has 0 N–H and O–H groups in total. The largest absolute Gasteiger partial charge is 2.00 e. The topological polar surface area (TPSA) is 276 Å². The summed E-state index contributed by atoms with van der Waals surface area (Å²) in [5, 5.41) is 24.5. The molecule has 0 amide bonds. The van der Waals surface area contributed by atoms with Crippen molar-refractivity contribution < 1.29 is 74.8 Å². The molecule has 2 heterocycles. The van der Waals surface area contributed by atoms with Gasteiger partial charge in [-0.1, -0.05) is 71.1 Å². The van der Waals surface area contributed by atoms with Crippen LogP contribution < -0.4 is 37.3 Å². The Morgan fingerprint density at radius 1 is 0.652 bits per heavy atom. The molecule has 4 rings (SSSR count). The van der Waals surface area contributed by atoms with E-state index in [0.717, 1.165) is 50.7 Å². The Kier molecular flexibility index (Phi) is 20.9. The van der Waals surface area contributed by atoms with Gasteiger partial charge in [-0.25, -0.2) is 46.6 Å². The number of hydrogen-bond donors (Lipinski definition) is 0. The Labute approximate surface area is 281 Å². The van der Waals surface area contributed by atoms with E-state index >= 15 is 0 Å². The standard InChI is InChI=1S/C24H30N8.C2H3N.2ClHO4.Cu/c1-29(17-23-19-31(27-25-23)15-21-9-5-3-6-10-21)13-14-30(2)18-24-20-32(28-26-24)16-22-11-7-4-8-12-22;1-2-3;2*2-1(3,4)5;/h3-12,19-20H,13-18H2,1-2H3;1H3;2*(H,2,3,4,5);/q;;;;+2/p-2. The van der Waals surface area contributed by atoms with Gasteiger partial charge in [0.25, 0.3) is 0 Å². The van der Waals surface area contributed by atoms with Crippen molar-refractivity contribution >= 4 is 0 Å². The van der Waals surface area contributed by atoms with Crippen LogP contribution in [0.1, 0.15) is 29.4 Å². The smallest absolute Gasteiger partial charge is 0.299 e. The first-order valence-corrected chi connectivity index (χ1v) is 15.3. The minimum Gasteiger partial charge on any atom is -0.299 e. The number of hydrogen-bond acceptors (Lipinski definition) is 15. The van der Waals surface area contributed by atoms with E-state index < -0.39 is 20.5 Å². The van der Waals surface area contributed by atoms with Crippen LogP contribution in [0.3, 0.4) is 0 Å². The van der Waals surface area contributed by atoms with E-state index in [9.17, 15) is 0 Å². The predicted molar refractivity (Wildman–Crippen MR) is 135 cm³/mol. The van der Waals surface area contributed by atoms with E-state index in [4.69, 9.17) is 42.5 Å². The summed E-state index contributed by atoms with van der Waals surface area (Å²) in [5.74, 6) is 0. The number of rotatable bonds is 11. The van der Waals surface area contributed by atoms with Crippen LogP contribution in [0.25, 0.3) is 0 Å². The number of likely N-dealkylation sites (N-methyl/N-ethyl adjacent to an activating group) is 2. The van der Waals surface area contributed by atoms with E-state index in [1.54, 1.807) is 6.07 Å². The van der Waals surface area contributed by atoms with E-state index in [1.165, 1.54) is 18.1 Å². The van der Waals surface area contributed by atoms with Crippen LogP contribution in [0, 0.1) is 31.8 Å². The normalized spacial score (nSPS) is 10.8. The molecule has 0 saturated heterocycles. The summed E-state index contributed by atoms with van der Waals surface area (Å²) < 4.78 is 71.7. The SMILES string of the molecule is CC#N.CN(CCN(C)Cc1cn(Cc2ccccc2)nn1)Cc1cn(Cc2ccccc2)nn1.[Cu+2].[O-][Cl+3]([O-])([O-])[O-].[O-][Cl+3]([O-])([O-])[O-]. The van der Waals surface area contributed by atoms with Crippen molar-refractivity contribution in [2.24, 2.45) is 0 Å². The third kappa shape index (κ3) is 24.2. The summed E-state index contributed by atoms with van der Waals surface area (Å²) in [4.78, 5) is 4.53. The number of nitriles is 1. The van der Waals surface area contributed by atoms with Crippen molar-refractivity contribution in [3.63, 3.8) is 0 Å². The van der Waals surface area contributed by atoms with Crippen LogP contribution in [-0.2, 0) is 43.2 Å². The van der Waals surface area contributed by atoms with Crippen LogP contribution in [0.5, 0.6) is 0 Å². The van der Waals surface area contributed by atoms with Crippen molar-refractivity contribution in [1.82, 2.24) is 39.8 Å². The van der Waals surface area contributed by atoms with Gasteiger partial charge in [-0.05, 0) is 25.2 Å². The number of aromatic nitrogens is 6. The van der Waals surface area contributed by atoms with Crippen molar-refractivity contribution in [2.45, 2.75) is 33.1 Å². The molecular formula is C26H33Cl2CuN9O8. The minimum absolute atomic E-state index is 0. The van der Waals surface area contributed by atoms with Crippen molar-refractivity contribution in [2.75, 3.05) is 27.2 Å². The second-order valence-corrected chi connectivity index (χ2v) is 10.8. The molecule has 46 heavy (non-hydrogen) atoms. The molecule has 4 aromatic rings. The summed E-state index contributed by atoms with van der Waals surface area (Å²) in [5.41, 5.74) is 4.41. The first-order valence-electron chi connectivity index (χ1n) is 12.8. The Balaban J connectivity index is 0.00000123. The van der Waals surface area contributed by atoms with Gasteiger partial charge in [-0.3, -0.25) is 9.80 Å². The van der Waals surface area contributed by atoms with Gasteiger partial charge < -0.3 is 0 Å². The second kappa shape index (κ2) is 22.4. The van der Waals surface area contributed by atoms with Crippen LogP contribution >= 0.6 is 0 Å². The maximum absolute atomic E-state index is 8.49. The van der Waals surface area contributed by atoms with E-state index in [2.05, 4.69) is 68.8 Å².